The van der Waals surface area contributed by atoms with Crippen LogP contribution in [0.1, 0.15) is 0 Å². The number of benzene rings is 1. The number of urea groups is 1. The highest BCUT2D eigenvalue weighted by Gasteiger charge is 2.23. The molecule has 0 bridgehead atoms. The molecule has 0 aliphatic carbocycles. The number of ether oxygens (including phenoxy) is 2. The molecule has 0 saturated carbocycles. The van der Waals surface area contributed by atoms with Gasteiger partial charge in [-0.25, -0.2) is 4.79 Å². The van der Waals surface area contributed by atoms with Gasteiger partial charge in [-0.05, 0) is 12.1 Å². The average molecular weight is 208 g/mol. The van der Waals surface area contributed by atoms with Gasteiger partial charge in [0.2, 0.25) is 0 Å². The fourth-order valence-electron chi connectivity index (χ4n) is 1.18. The second-order valence-electron chi connectivity index (χ2n) is 3.25. The molecule has 0 aromatic heterocycles. The van der Waals surface area contributed by atoms with Gasteiger partial charge < -0.3 is 20.5 Å². The van der Waals surface area contributed by atoms with Crippen LogP contribution in [0, 0.1) is 0 Å². The summed E-state index contributed by atoms with van der Waals surface area (Å²) in [5.74, 6) is 0.604. The third-order valence-corrected chi connectivity index (χ3v) is 1.97. The lowest BCUT2D eigenvalue weighted by atomic mass is 10.3. The Labute approximate surface area is 87.2 Å². The molecule has 1 aromatic rings. The summed E-state index contributed by atoms with van der Waals surface area (Å²) in [7, 11) is 0. The van der Waals surface area contributed by atoms with Crippen molar-refractivity contribution in [2.75, 3.05) is 18.5 Å². The van der Waals surface area contributed by atoms with Crippen molar-refractivity contribution in [3.63, 3.8) is 0 Å². The van der Waals surface area contributed by atoms with Gasteiger partial charge in [-0.15, -0.1) is 0 Å². The third kappa shape index (κ3) is 2.85. The lowest BCUT2D eigenvalue weighted by molar-refractivity contribution is 0.257. The Bertz CT molecular complexity index is 363. The Morgan fingerprint density at radius 3 is 3.00 bits per heavy atom. The van der Waals surface area contributed by atoms with Gasteiger partial charge in [0.1, 0.15) is 18.5 Å². The number of carbonyl (C=O) groups is 1. The van der Waals surface area contributed by atoms with E-state index in [0.29, 0.717) is 18.0 Å². The fourth-order valence-corrected chi connectivity index (χ4v) is 1.18. The molecule has 2 rings (SSSR count). The number of epoxide rings is 1. The highest BCUT2D eigenvalue weighted by molar-refractivity contribution is 5.89. The van der Waals surface area contributed by atoms with E-state index in [1.807, 2.05) is 6.07 Å². The molecule has 5 heteroatoms. The Balaban J connectivity index is 2.02. The molecule has 2 amide bonds. The van der Waals surface area contributed by atoms with Crippen molar-refractivity contribution in [1.82, 2.24) is 0 Å². The molecule has 0 spiro atoms. The van der Waals surface area contributed by atoms with Crippen LogP contribution in [0.3, 0.4) is 0 Å². The van der Waals surface area contributed by atoms with E-state index in [9.17, 15) is 4.79 Å². The molecule has 1 saturated heterocycles. The standard InChI is InChI=1S/C10H12N2O3/c11-10(13)12-8-3-1-2-4-9(8)15-6-7-5-14-7/h1-4,7H,5-6H2,(H3,11,12,13). The van der Waals surface area contributed by atoms with Crippen molar-refractivity contribution in [3.05, 3.63) is 24.3 Å². The molecule has 0 radical (unpaired) electrons. The largest absolute Gasteiger partial charge is 0.489 e. The van der Waals surface area contributed by atoms with Gasteiger partial charge in [-0.2, -0.15) is 0 Å². The van der Waals surface area contributed by atoms with Crippen LogP contribution in [-0.2, 0) is 4.74 Å². The highest BCUT2D eigenvalue weighted by Crippen LogP contribution is 2.24. The number of nitrogens with one attached hydrogen (secondary N) is 1. The predicted molar refractivity (Wildman–Crippen MR) is 54.9 cm³/mol. The number of carbonyl (C=O) groups excluding carboxylic acids is 1. The number of anilines is 1. The normalized spacial score (nSPS) is 18.3. The lowest BCUT2D eigenvalue weighted by Gasteiger charge is -2.09. The molecule has 1 atom stereocenters. The van der Waals surface area contributed by atoms with Crippen LogP contribution in [0.2, 0.25) is 0 Å². The lowest BCUT2D eigenvalue weighted by Crippen LogP contribution is -2.20. The monoisotopic (exact) mass is 208 g/mol. The van der Waals surface area contributed by atoms with Crippen LogP contribution in [0.15, 0.2) is 24.3 Å². The van der Waals surface area contributed by atoms with E-state index in [1.54, 1.807) is 18.2 Å². The fraction of sp³-hybridized carbons (Fsp3) is 0.300. The van der Waals surface area contributed by atoms with E-state index >= 15 is 0 Å². The summed E-state index contributed by atoms with van der Waals surface area (Å²) in [6, 6.07) is 6.52. The van der Waals surface area contributed by atoms with E-state index in [2.05, 4.69) is 5.32 Å². The maximum atomic E-state index is 10.7. The molecule has 5 nitrogen and oxygen atoms in total. The van der Waals surface area contributed by atoms with Crippen LogP contribution >= 0.6 is 0 Å². The van der Waals surface area contributed by atoms with Gasteiger partial charge in [0.05, 0.1) is 12.3 Å². The van der Waals surface area contributed by atoms with E-state index < -0.39 is 6.03 Å². The van der Waals surface area contributed by atoms with Crippen molar-refractivity contribution in [1.29, 1.82) is 0 Å². The summed E-state index contributed by atoms with van der Waals surface area (Å²) >= 11 is 0. The first-order valence-electron chi connectivity index (χ1n) is 4.65. The van der Waals surface area contributed by atoms with Crippen LogP contribution in [-0.4, -0.2) is 25.3 Å². The summed E-state index contributed by atoms with van der Waals surface area (Å²) in [6.45, 7) is 1.24. The second-order valence-corrected chi connectivity index (χ2v) is 3.25. The maximum Gasteiger partial charge on any atom is 0.316 e. The Hall–Kier alpha value is -1.75. The molecule has 1 heterocycles. The van der Waals surface area contributed by atoms with Crippen LogP contribution < -0.4 is 15.8 Å². The maximum absolute atomic E-state index is 10.7. The van der Waals surface area contributed by atoms with Gasteiger partial charge in [0.25, 0.3) is 0 Å². The van der Waals surface area contributed by atoms with E-state index in [4.69, 9.17) is 15.2 Å². The zero-order chi connectivity index (χ0) is 10.7. The average Bonchev–Trinajstić information content (AvgIpc) is 2.99. The molecule has 1 aromatic carbocycles. The first kappa shape index (κ1) is 9.79. The molecule has 80 valence electrons. The summed E-state index contributed by atoms with van der Waals surface area (Å²) in [5, 5.41) is 2.49. The van der Waals surface area contributed by atoms with E-state index in [1.165, 1.54) is 0 Å². The number of hydrogen-bond donors (Lipinski definition) is 2. The van der Waals surface area contributed by atoms with E-state index in [0.717, 1.165) is 6.61 Å². The van der Waals surface area contributed by atoms with Gasteiger partial charge in [0, 0.05) is 0 Å². The molecule has 1 unspecified atom stereocenters. The van der Waals surface area contributed by atoms with Crippen LogP contribution in [0.4, 0.5) is 10.5 Å². The van der Waals surface area contributed by atoms with Gasteiger partial charge >= 0.3 is 6.03 Å². The first-order valence-corrected chi connectivity index (χ1v) is 4.65. The summed E-state index contributed by atoms with van der Waals surface area (Å²) in [4.78, 5) is 10.7. The van der Waals surface area contributed by atoms with Crippen molar-refractivity contribution < 1.29 is 14.3 Å². The molecular weight excluding hydrogens is 196 g/mol. The number of nitrogens with two attached hydrogens (primary N) is 1. The predicted octanol–water partition coefficient (Wildman–Crippen LogP) is 0.955. The zero-order valence-electron chi connectivity index (χ0n) is 8.10. The SMILES string of the molecule is NC(=O)Nc1ccccc1OCC1CO1. The summed E-state index contributed by atoms with van der Waals surface area (Å²) in [5.41, 5.74) is 5.61. The summed E-state index contributed by atoms with van der Waals surface area (Å²) in [6.07, 6.45) is 0.187. The topological polar surface area (TPSA) is 76.9 Å². The third-order valence-electron chi connectivity index (χ3n) is 1.97. The number of amides is 2. The minimum atomic E-state index is -0.603. The van der Waals surface area contributed by atoms with Crippen molar-refractivity contribution in [2.24, 2.45) is 5.73 Å². The number of primary amides is 1. The highest BCUT2D eigenvalue weighted by atomic mass is 16.6. The van der Waals surface area contributed by atoms with Crippen LogP contribution in [0.5, 0.6) is 5.75 Å². The minimum absolute atomic E-state index is 0.187. The smallest absolute Gasteiger partial charge is 0.316 e. The minimum Gasteiger partial charge on any atom is -0.489 e. The number of para-hydroxylation sites is 2. The summed E-state index contributed by atoms with van der Waals surface area (Å²) < 4.78 is 10.5. The molecule has 1 aliphatic rings. The van der Waals surface area contributed by atoms with Crippen LogP contribution in [0.25, 0.3) is 0 Å². The second kappa shape index (κ2) is 4.18. The number of hydrogen-bond acceptors (Lipinski definition) is 3. The Morgan fingerprint density at radius 2 is 2.33 bits per heavy atom. The molecule has 1 aliphatic heterocycles. The molecular formula is C10H12N2O3. The van der Waals surface area contributed by atoms with Gasteiger partial charge in [-0.1, -0.05) is 12.1 Å². The van der Waals surface area contributed by atoms with Gasteiger partial charge in [-0.3, -0.25) is 0 Å². The molecule has 15 heavy (non-hydrogen) atoms. The molecule has 1 fully saturated rings. The zero-order valence-corrected chi connectivity index (χ0v) is 8.10. The van der Waals surface area contributed by atoms with E-state index in [-0.39, 0.29) is 6.10 Å². The quantitative estimate of drug-likeness (QED) is 0.723. The first-order chi connectivity index (χ1) is 7.25. The van der Waals surface area contributed by atoms with Gasteiger partial charge in [0.15, 0.2) is 0 Å². The van der Waals surface area contributed by atoms with Crippen molar-refractivity contribution in [2.45, 2.75) is 6.10 Å². The van der Waals surface area contributed by atoms with Crippen molar-refractivity contribution >= 4 is 11.7 Å². The number of rotatable bonds is 4. The van der Waals surface area contributed by atoms with Crippen molar-refractivity contribution in [3.8, 4) is 5.75 Å². The Morgan fingerprint density at radius 1 is 1.60 bits per heavy atom. The Kier molecular flexibility index (Phi) is 2.73. The molecule has 3 N–H and O–H groups in total.